The number of thioether (sulfide) groups is 1. The van der Waals surface area contributed by atoms with Gasteiger partial charge in [0.25, 0.3) is 5.91 Å². The van der Waals surface area contributed by atoms with Crippen LogP contribution in [-0.2, 0) is 4.79 Å². The van der Waals surface area contributed by atoms with Gasteiger partial charge < -0.3 is 14.2 Å². The number of rotatable bonds is 11. The number of aromatic nitrogens is 2. The van der Waals surface area contributed by atoms with Gasteiger partial charge in [-0.2, -0.15) is 5.10 Å². The summed E-state index contributed by atoms with van der Waals surface area (Å²) in [4.78, 5) is 12.0. The van der Waals surface area contributed by atoms with Crippen molar-refractivity contribution in [3.05, 3.63) is 57.0 Å². The van der Waals surface area contributed by atoms with Crippen LogP contribution in [0.3, 0.4) is 0 Å². The SMILES string of the molecule is COc1cc(/C=N\NC(=O)CSc2nnc(C)s2)cc(Br)c1OCCOc1ccccc1C. The summed E-state index contributed by atoms with van der Waals surface area (Å²) in [6.07, 6.45) is 1.54. The summed E-state index contributed by atoms with van der Waals surface area (Å²) in [5, 5.41) is 12.8. The van der Waals surface area contributed by atoms with Crippen LogP contribution < -0.4 is 19.6 Å². The molecule has 1 amide bonds. The van der Waals surface area contributed by atoms with Crippen LogP contribution in [0.1, 0.15) is 16.1 Å². The number of nitrogens with zero attached hydrogens (tertiary/aromatic N) is 3. The average molecular weight is 551 g/mol. The molecule has 1 N–H and O–H groups in total. The van der Waals surface area contributed by atoms with Crippen molar-refractivity contribution in [1.82, 2.24) is 15.6 Å². The van der Waals surface area contributed by atoms with E-state index in [1.54, 1.807) is 13.2 Å². The number of ether oxygens (including phenoxy) is 3. The van der Waals surface area contributed by atoms with E-state index in [1.165, 1.54) is 29.3 Å². The Hall–Kier alpha value is -2.63. The molecule has 0 saturated carbocycles. The lowest BCUT2D eigenvalue weighted by Gasteiger charge is -2.14. The molecule has 174 valence electrons. The number of hydrazone groups is 1. The molecule has 0 aliphatic rings. The predicted molar refractivity (Wildman–Crippen MR) is 134 cm³/mol. The number of carbonyl (C=O) groups is 1. The Kier molecular flexibility index (Phi) is 9.52. The van der Waals surface area contributed by atoms with Crippen LogP contribution in [0.25, 0.3) is 0 Å². The summed E-state index contributed by atoms with van der Waals surface area (Å²) < 4.78 is 18.5. The highest BCUT2D eigenvalue weighted by Gasteiger charge is 2.12. The highest BCUT2D eigenvalue weighted by Crippen LogP contribution is 2.36. The third kappa shape index (κ3) is 7.72. The zero-order valence-electron chi connectivity index (χ0n) is 18.3. The van der Waals surface area contributed by atoms with E-state index >= 15 is 0 Å². The van der Waals surface area contributed by atoms with Gasteiger partial charge >= 0.3 is 0 Å². The van der Waals surface area contributed by atoms with Crippen LogP contribution in [0.2, 0.25) is 0 Å². The molecule has 8 nitrogen and oxygen atoms in total. The van der Waals surface area contributed by atoms with E-state index in [1.807, 2.05) is 44.2 Å². The Bertz CT molecular complexity index is 1120. The fraction of sp³-hybridized carbons (Fsp3) is 0.273. The lowest BCUT2D eigenvalue weighted by Crippen LogP contribution is -2.19. The smallest absolute Gasteiger partial charge is 0.250 e. The highest BCUT2D eigenvalue weighted by atomic mass is 79.9. The molecule has 1 aromatic heterocycles. The van der Waals surface area contributed by atoms with E-state index in [0.717, 1.165) is 26.2 Å². The summed E-state index contributed by atoms with van der Waals surface area (Å²) in [5.74, 6) is 1.91. The fourth-order valence-electron chi connectivity index (χ4n) is 2.64. The van der Waals surface area contributed by atoms with Gasteiger partial charge in [0.2, 0.25) is 0 Å². The van der Waals surface area contributed by atoms with Gasteiger partial charge in [-0.05, 0) is 59.1 Å². The number of para-hydroxylation sites is 1. The molecule has 0 aliphatic carbocycles. The second-order valence-corrected chi connectivity index (χ2v) is 9.92. The number of amides is 1. The van der Waals surface area contributed by atoms with Crippen molar-refractivity contribution >= 4 is 51.2 Å². The lowest BCUT2D eigenvalue weighted by molar-refractivity contribution is -0.118. The zero-order valence-corrected chi connectivity index (χ0v) is 21.6. The van der Waals surface area contributed by atoms with Crippen molar-refractivity contribution in [1.29, 1.82) is 0 Å². The maximum atomic E-state index is 12.0. The highest BCUT2D eigenvalue weighted by molar-refractivity contribution is 9.10. The number of aryl methyl sites for hydroxylation is 2. The normalized spacial score (nSPS) is 10.9. The van der Waals surface area contributed by atoms with E-state index in [-0.39, 0.29) is 11.7 Å². The molecule has 0 spiro atoms. The van der Waals surface area contributed by atoms with Gasteiger partial charge in [-0.3, -0.25) is 4.79 Å². The first kappa shape index (κ1) is 25.0. The van der Waals surface area contributed by atoms with Crippen molar-refractivity contribution in [3.63, 3.8) is 0 Å². The van der Waals surface area contributed by atoms with Gasteiger partial charge in [0, 0.05) is 0 Å². The molecule has 0 unspecified atom stereocenters. The Balaban J connectivity index is 1.51. The Morgan fingerprint density at radius 2 is 1.97 bits per heavy atom. The molecule has 3 rings (SSSR count). The topological polar surface area (TPSA) is 94.9 Å². The van der Waals surface area contributed by atoms with Crippen LogP contribution in [-0.4, -0.2) is 48.4 Å². The molecule has 0 saturated heterocycles. The van der Waals surface area contributed by atoms with E-state index in [4.69, 9.17) is 14.2 Å². The molecule has 3 aromatic rings. The standard InChI is InChI=1S/C22H23BrN4O4S2/c1-14-6-4-5-7-18(14)30-8-9-31-21-17(23)10-16(11-19(21)29-3)12-24-26-20(28)13-32-22-27-25-15(2)33-22/h4-7,10-12H,8-9,13H2,1-3H3,(H,26,28)/b24-12-. The first-order valence-electron chi connectivity index (χ1n) is 9.90. The number of hydrogen-bond donors (Lipinski definition) is 1. The number of nitrogens with one attached hydrogen (secondary N) is 1. The molecule has 0 fully saturated rings. The minimum Gasteiger partial charge on any atom is -0.493 e. The van der Waals surface area contributed by atoms with Crippen LogP contribution in [0, 0.1) is 13.8 Å². The van der Waals surface area contributed by atoms with Crippen molar-refractivity contribution < 1.29 is 19.0 Å². The Morgan fingerprint density at radius 1 is 1.18 bits per heavy atom. The fourth-order valence-corrected chi connectivity index (χ4v) is 4.83. The predicted octanol–water partition coefficient (Wildman–Crippen LogP) is 4.63. The quantitative estimate of drug-likeness (QED) is 0.161. The summed E-state index contributed by atoms with van der Waals surface area (Å²) >= 11 is 6.28. The molecule has 0 aliphatic heterocycles. The van der Waals surface area contributed by atoms with E-state index in [9.17, 15) is 4.79 Å². The second kappa shape index (κ2) is 12.6. The zero-order chi connectivity index (χ0) is 23.6. The van der Waals surface area contributed by atoms with Gasteiger partial charge in [-0.1, -0.05) is 41.3 Å². The molecular weight excluding hydrogens is 528 g/mol. The summed E-state index contributed by atoms with van der Waals surface area (Å²) in [6, 6.07) is 11.4. The van der Waals surface area contributed by atoms with Gasteiger partial charge in [-0.15, -0.1) is 10.2 Å². The van der Waals surface area contributed by atoms with Crippen molar-refractivity contribution in [2.45, 2.75) is 18.2 Å². The number of hydrogen-bond acceptors (Lipinski definition) is 9. The lowest BCUT2D eigenvalue weighted by atomic mass is 10.2. The molecular formula is C22H23BrN4O4S2. The first-order chi connectivity index (χ1) is 16.0. The maximum absolute atomic E-state index is 12.0. The number of halogens is 1. The number of carbonyl (C=O) groups excluding carboxylic acids is 1. The molecule has 0 atom stereocenters. The first-order valence-corrected chi connectivity index (χ1v) is 12.5. The van der Waals surface area contributed by atoms with Gasteiger partial charge in [0.15, 0.2) is 15.8 Å². The van der Waals surface area contributed by atoms with Crippen LogP contribution in [0.5, 0.6) is 17.2 Å². The third-order valence-corrected chi connectivity index (χ3v) is 6.73. The minimum atomic E-state index is -0.233. The minimum absolute atomic E-state index is 0.205. The van der Waals surface area contributed by atoms with Crippen LogP contribution in [0.4, 0.5) is 0 Å². The van der Waals surface area contributed by atoms with Crippen LogP contribution in [0.15, 0.2) is 50.3 Å². The average Bonchev–Trinajstić information content (AvgIpc) is 3.22. The molecule has 2 aromatic carbocycles. The van der Waals surface area contributed by atoms with E-state index in [0.29, 0.717) is 29.2 Å². The maximum Gasteiger partial charge on any atom is 0.250 e. The third-order valence-electron chi connectivity index (χ3n) is 4.17. The van der Waals surface area contributed by atoms with Crippen molar-refractivity contribution in [2.24, 2.45) is 5.10 Å². The second-order valence-electron chi connectivity index (χ2n) is 6.67. The molecule has 11 heteroatoms. The van der Waals surface area contributed by atoms with E-state index < -0.39 is 0 Å². The van der Waals surface area contributed by atoms with Gasteiger partial charge in [0.05, 0.1) is 23.5 Å². The Morgan fingerprint density at radius 3 is 2.70 bits per heavy atom. The van der Waals surface area contributed by atoms with Crippen molar-refractivity contribution in [2.75, 3.05) is 26.1 Å². The number of benzene rings is 2. The monoisotopic (exact) mass is 550 g/mol. The molecule has 0 radical (unpaired) electrons. The van der Waals surface area contributed by atoms with Gasteiger partial charge in [-0.25, -0.2) is 5.43 Å². The summed E-state index contributed by atoms with van der Waals surface area (Å²) in [6.45, 7) is 4.60. The van der Waals surface area contributed by atoms with E-state index in [2.05, 4.69) is 36.7 Å². The molecule has 1 heterocycles. The molecule has 0 bridgehead atoms. The summed E-state index contributed by atoms with van der Waals surface area (Å²) in [7, 11) is 1.56. The molecule has 33 heavy (non-hydrogen) atoms. The van der Waals surface area contributed by atoms with Gasteiger partial charge in [0.1, 0.15) is 24.0 Å². The summed E-state index contributed by atoms with van der Waals surface area (Å²) in [5.41, 5.74) is 4.31. The van der Waals surface area contributed by atoms with Crippen LogP contribution >= 0.6 is 39.0 Å². The number of methoxy groups -OCH3 is 1. The van der Waals surface area contributed by atoms with Crippen molar-refractivity contribution in [3.8, 4) is 17.2 Å². The Labute approximate surface area is 208 Å². The largest absolute Gasteiger partial charge is 0.493 e.